The lowest BCUT2D eigenvalue weighted by Crippen LogP contribution is -2.17. The Balaban J connectivity index is 2.15. The van der Waals surface area contributed by atoms with Crippen LogP contribution in [0, 0.1) is 11.8 Å². The fraction of sp³-hybridized carbons (Fsp3) is 0.118. The Hall–Kier alpha value is -3.33. The van der Waals surface area contributed by atoms with Crippen LogP contribution in [0.5, 0.6) is 0 Å². The molecule has 0 aliphatic carbocycles. The Morgan fingerprint density at radius 3 is 2.96 bits per heavy atom. The maximum absolute atomic E-state index is 11.9. The standard InChI is InChI=1S/C17H14N4O2/c1-2-3-8-21-11-12(6-7-15(21)22)13-10-19-17(18)20-16(13)14-5-4-9-23-14/h4-7,9-11H,8H2,1H3,(H2,18,19,20). The summed E-state index contributed by atoms with van der Waals surface area (Å²) < 4.78 is 6.95. The molecule has 23 heavy (non-hydrogen) atoms. The van der Waals surface area contributed by atoms with Gasteiger partial charge < -0.3 is 14.7 Å². The molecule has 3 aromatic heterocycles. The van der Waals surface area contributed by atoms with Gasteiger partial charge >= 0.3 is 0 Å². The predicted octanol–water partition coefficient (Wildman–Crippen LogP) is 2.17. The predicted molar refractivity (Wildman–Crippen MR) is 87.3 cm³/mol. The first-order valence-corrected chi connectivity index (χ1v) is 6.96. The lowest BCUT2D eigenvalue weighted by Gasteiger charge is -2.09. The lowest BCUT2D eigenvalue weighted by molar-refractivity contribution is 0.580. The van der Waals surface area contributed by atoms with Crippen molar-refractivity contribution in [3.63, 3.8) is 0 Å². The summed E-state index contributed by atoms with van der Waals surface area (Å²) in [6, 6.07) is 6.79. The van der Waals surface area contributed by atoms with Crippen molar-refractivity contribution in [3.05, 3.63) is 53.3 Å². The smallest absolute Gasteiger partial charge is 0.251 e. The van der Waals surface area contributed by atoms with E-state index in [1.807, 2.05) is 0 Å². The Morgan fingerprint density at radius 2 is 2.22 bits per heavy atom. The first-order valence-electron chi connectivity index (χ1n) is 6.96. The fourth-order valence-corrected chi connectivity index (χ4v) is 2.19. The van der Waals surface area contributed by atoms with E-state index in [1.165, 1.54) is 10.6 Å². The van der Waals surface area contributed by atoms with Gasteiger partial charge in [0.05, 0.1) is 12.8 Å². The zero-order valence-electron chi connectivity index (χ0n) is 12.5. The highest BCUT2D eigenvalue weighted by Crippen LogP contribution is 2.30. The highest BCUT2D eigenvalue weighted by molar-refractivity contribution is 5.78. The minimum absolute atomic E-state index is 0.118. The number of anilines is 1. The maximum Gasteiger partial charge on any atom is 0.251 e. The van der Waals surface area contributed by atoms with Crippen molar-refractivity contribution >= 4 is 5.95 Å². The summed E-state index contributed by atoms with van der Waals surface area (Å²) in [4.78, 5) is 20.2. The molecule has 2 N–H and O–H groups in total. The van der Waals surface area contributed by atoms with Crippen LogP contribution in [0.25, 0.3) is 22.6 Å². The van der Waals surface area contributed by atoms with Crippen molar-refractivity contribution in [2.75, 3.05) is 5.73 Å². The number of furan rings is 1. The molecular formula is C17H14N4O2. The minimum atomic E-state index is -0.118. The molecule has 0 atom stereocenters. The van der Waals surface area contributed by atoms with Gasteiger partial charge in [-0.25, -0.2) is 9.97 Å². The number of nitrogens with two attached hydrogens (primary N) is 1. The largest absolute Gasteiger partial charge is 0.463 e. The van der Waals surface area contributed by atoms with E-state index in [2.05, 4.69) is 21.8 Å². The van der Waals surface area contributed by atoms with Crippen LogP contribution >= 0.6 is 0 Å². The molecule has 0 saturated heterocycles. The van der Waals surface area contributed by atoms with Gasteiger partial charge in [-0.2, -0.15) is 0 Å². The number of hydrogen-bond donors (Lipinski definition) is 1. The second kappa shape index (κ2) is 6.20. The SMILES string of the molecule is CC#CCn1cc(-c2cnc(N)nc2-c2ccco2)ccc1=O. The molecule has 0 bridgehead atoms. The maximum atomic E-state index is 11.9. The summed E-state index contributed by atoms with van der Waals surface area (Å²) in [5, 5.41) is 0. The van der Waals surface area contributed by atoms with Crippen molar-refractivity contribution in [2.45, 2.75) is 13.5 Å². The molecule has 6 nitrogen and oxygen atoms in total. The van der Waals surface area contributed by atoms with Gasteiger partial charge in [-0.15, -0.1) is 5.92 Å². The second-order valence-corrected chi connectivity index (χ2v) is 4.78. The van der Waals surface area contributed by atoms with Gasteiger partial charge in [0.1, 0.15) is 5.69 Å². The molecule has 0 radical (unpaired) electrons. The third-order valence-corrected chi connectivity index (χ3v) is 3.28. The number of nitrogens with zero attached hydrogens (tertiary/aromatic N) is 3. The molecule has 0 aliphatic heterocycles. The molecule has 0 aliphatic rings. The molecule has 0 saturated carbocycles. The molecule has 114 valence electrons. The van der Waals surface area contributed by atoms with Crippen molar-refractivity contribution in [1.29, 1.82) is 0 Å². The normalized spacial score (nSPS) is 10.1. The van der Waals surface area contributed by atoms with Crippen LogP contribution in [-0.4, -0.2) is 14.5 Å². The van der Waals surface area contributed by atoms with Gasteiger partial charge in [0.15, 0.2) is 5.76 Å². The van der Waals surface area contributed by atoms with E-state index < -0.39 is 0 Å². The minimum Gasteiger partial charge on any atom is -0.463 e. The molecule has 3 rings (SSSR count). The van der Waals surface area contributed by atoms with Gasteiger partial charge in [0, 0.05) is 29.6 Å². The lowest BCUT2D eigenvalue weighted by atomic mass is 10.1. The highest BCUT2D eigenvalue weighted by atomic mass is 16.3. The molecule has 0 amide bonds. The van der Waals surface area contributed by atoms with Crippen molar-refractivity contribution in [1.82, 2.24) is 14.5 Å². The summed E-state index contributed by atoms with van der Waals surface area (Å²) >= 11 is 0. The fourth-order valence-electron chi connectivity index (χ4n) is 2.19. The van der Waals surface area contributed by atoms with Crippen LogP contribution in [0.4, 0.5) is 5.95 Å². The van der Waals surface area contributed by atoms with Gasteiger partial charge in [-0.3, -0.25) is 4.79 Å². The molecule has 0 unspecified atom stereocenters. The molecule has 6 heteroatoms. The average molecular weight is 306 g/mol. The summed E-state index contributed by atoms with van der Waals surface area (Å²) in [6.45, 7) is 2.06. The van der Waals surface area contributed by atoms with E-state index in [-0.39, 0.29) is 11.5 Å². The molecular weight excluding hydrogens is 292 g/mol. The van der Waals surface area contributed by atoms with Crippen LogP contribution in [0.15, 0.2) is 52.1 Å². The number of hydrogen-bond acceptors (Lipinski definition) is 5. The van der Waals surface area contributed by atoms with Crippen LogP contribution in [0.1, 0.15) is 6.92 Å². The van der Waals surface area contributed by atoms with Gasteiger partial charge in [0.25, 0.3) is 5.56 Å². The first kappa shape index (κ1) is 14.6. The van der Waals surface area contributed by atoms with Crippen molar-refractivity contribution in [2.24, 2.45) is 0 Å². The topological polar surface area (TPSA) is 86.9 Å². The van der Waals surface area contributed by atoms with Crippen LogP contribution in [0.2, 0.25) is 0 Å². The molecule has 3 heterocycles. The van der Waals surface area contributed by atoms with E-state index in [9.17, 15) is 4.79 Å². The third kappa shape index (κ3) is 2.99. The van der Waals surface area contributed by atoms with Crippen LogP contribution < -0.4 is 11.3 Å². The number of nitrogen functional groups attached to an aromatic ring is 1. The number of aromatic nitrogens is 3. The average Bonchev–Trinajstić information content (AvgIpc) is 3.08. The molecule has 0 fully saturated rings. The Kier molecular flexibility index (Phi) is 3.93. The van der Waals surface area contributed by atoms with Gasteiger partial charge in [-0.05, 0) is 25.1 Å². The summed E-state index contributed by atoms with van der Waals surface area (Å²) in [6.07, 6.45) is 4.92. The van der Waals surface area contributed by atoms with E-state index in [0.717, 1.165) is 11.1 Å². The van der Waals surface area contributed by atoms with E-state index >= 15 is 0 Å². The molecule has 0 spiro atoms. The summed E-state index contributed by atoms with van der Waals surface area (Å²) in [7, 11) is 0. The van der Waals surface area contributed by atoms with Crippen LogP contribution in [-0.2, 0) is 6.54 Å². The summed E-state index contributed by atoms with van der Waals surface area (Å²) in [5.74, 6) is 6.40. The zero-order valence-corrected chi connectivity index (χ0v) is 12.5. The Morgan fingerprint density at radius 1 is 1.35 bits per heavy atom. The molecule has 3 aromatic rings. The van der Waals surface area contributed by atoms with Crippen molar-refractivity contribution in [3.8, 4) is 34.4 Å². The number of rotatable bonds is 3. The highest BCUT2D eigenvalue weighted by Gasteiger charge is 2.13. The number of pyridine rings is 1. The van der Waals surface area contributed by atoms with E-state index in [0.29, 0.717) is 18.0 Å². The van der Waals surface area contributed by atoms with E-state index in [1.54, 1.807) is 43.8 Å². The zero-order chi connectivity index (χ0) is 16.2. The quantitative estimate of drug-likeness (QED) is 0.749. The third-order valence-electron chi connectivity index (χ3n) is 3.28. The molecule has 0 aromatic carbocycles. The Labute approximate surface area is 132 Å². The first-order chi connectivity index (χ1) is 11.2. The van der Waals surface area contributed by atoms with Crippen LogP contribution in [0.3, 0.4) is 0 Å². The Bertz CT molecular complexity index is 947. The van der Waals surface area contributed by atoms with Gasteiger partial charge in [0.2, 0.25) is 5.95 Å². The summed E-state index contributed by atoms with van der Waals surface area (Å²) in [5.41, 5.74) is 7.67. The second-order valence-electron chi connectivity index (χ2n) is 4.78. The monoisotopic (exact) mass is 306 g/mol. The van der Waals surface area contributed by atoms with Gasteiger partial charge in [-0.1, -0.05) is 5.92 Å². The van der Waals surface area contributed by atoms with Crippen molar-refractivity contribution < 1.29 is 4.42 Å². The van der Waals surface area contributed by atoms with E-state index in [4.69, 9.17) is 10.2 Å².